The molecule has 2 aromatic rings. The number of thiazole rings is 1. The topological polar surface area (TPSA) is 57.3 Å². The molecule has 0 spiro atoms. The largest absolute Gasteiger partial charge is 0.336 e. The van der Waals surface area contributed by atoms with Crippen molar-refractivity contribution in [1.29, 1.82) is 0 Å². The van der Waals surface area contributed by atoms with E-state index in [9.17, 15) is 4.79 Å². The summed E-state index contributed by atoms with van der Waals surface area (Å²) in [4.78, 5) is 20.0. The van der Waals surface area contributed by atoms with Gasteiger partial charge in [-0.05, 0) is 19.4 Å². The van der Waals surface area contributed by atoms with E-state index >= 15 is 0 Å². The Balaban J connectivity index is 1.54. The monoisotopic (exact) mass is 356 g/mol. The summed E-state index contributed by atoms with van der Waals surface area (Å²) in [7, 11) is 0. The average Bonchev–Trinajstić information content (AvgIpc) is 2.96. The molecular formula is C19H24N4OS. The molecule has 0 saturated heterocycles. The van der Waals surface area contributed by atoms with E-state index in [2.05, 4.69) is 44.8 Å². The number of benzene rings is 1. The summed E-state index contributed by atoms with van der Waals surface area (Å²) in [6, 6.07) is 10.3. The minimum absolute atomic E-state index is 0.112. The van der Waals surface area contributed by atoms with Crippen molar-refractivity contribution in [2.24, 2.45) is 0 Å². The number of aromatic nitrogens is 1. The summed E-state index contributed by atoms with van der Waals surface area (Å²) >= 11 is 1.58. The van der Waals surface area contributed by atoms with Crippen molar-refractivity contribution >= 4 is 28.6 Å². The van der Waals surface area contributed by atoms with Gasteiger partial charge in [-0.3, -0.25) is 10.2 Å². The molecule has 0 fully saturated rings. The van der Waals surface area contributed by atoms with Gasteiger partial charge in [0.25, 0.3) is 0 Å². The fourth-order valence-electron chi connectivity index (χ4n) is 2.76. The van der Waals surface area contributed by atoms with E-state index in [1.165, 1.54) is 10.4 Å². The van der Waals surface area contributed by atoms with Crippen molar-refractivity contribution in [2.45, 2.75) is 32.9 Å². The number of carbonyl (C=O) groups is 1. The Bertz CT molecular complexity index is 739. The van der Waals surface area contributed by atoms with E-state index in [0.717, 1.165) is 31.7 Å². The molecule has 1 aliphatic heterocycles. The molecule has 25 heavy (non-hydrogen) atoms. The van der Waals surface area contributed by atoms with Crippen LogP contribution in [0.25, 0.3) is 6.08 Å². The number of nitrogens with one attached hydrogen (secondary N) is 2. The van der Waals surface area contributed by atoms with Crippen molar-refractivity contribution in [3.63, 3.8) is 0 Å². The molecule has 1 aliphatic rings. The van der Waals surface area contributed by atoms with Crippen molar-refractivity contribution in [3.8, 4) is 0 Å². The highest BCUT2D eigenvalue weighted by Crippen LogP contribution is 2.28. The van der Waals surface area contributed by atoms with Crippen LogP contribution in [0.4, 0.5) is 9.93 Å². The van der Waals surface area contributed by atoms with Gasteiger partial charge in [-0.25, -0.2) is 9.78 Å². The standard InChI is InChI=1S/C19H24N4OS/c1-14(2)20-18(24)22-19-21-16-10-12-23(13-17(16)25-19)11-6-9-15-7-4-3-5-8-15/h3-9,14H,10-13H2,1-2H3,(H2,20,21,22,24)/b9-6+. The van der Waals surface area contributed by atoms with Crippen LogP contribution in [0.5, 0.6) is 0 Å². The number of hydrogen-bond donors (Lipinski definition) is 2. The normalized spacial score (nSPS) is 14.7. The Kier molecular flexibility index (Phi) is 5.83. The number of amides is 2. The Morgan fingerprint density at radius 2 is 2.16 bits per heavy atom. The maximum Gasteiger partial charge on any atom is 0.321 e. The molecule has 0 atom stereocenters. The highest BCUT2D eigenvalue weighted by molar-refractivity contribution is 7.15. The fraction of sp³-hybridized carbons (Fsp3) is 0.368. The van der Waals surface area contributed by atoms with Crippen LogP contribution >= 0.6 is 11.3 Å². The lowest BCUT2D eigenvalue weighted by Crippen LogP contribution is -2.34. The quantitative estimate of drug-likeness (QED) is 0.858. The van der Waals surface area contributed by atoms with Gasteiger partial charge >= 0.3 is 6.03 Å². The summed E-state index contributed by atoms with van der Waals surface area (Å²) in [5.41, 5.74) is 2.34. The lowest BCUT2D eigenvalue weighted by molar-refractivity contribution is 0.250. The second-order valence-electron chi connectivity index (χ2n) is 6.44. The van der Waals surface area contributed by atoms with Crippen LogP contribution in [0.2, 0.25) is 0 Å². The first kappa shape index (κ1) is 17.6. The zero-order valence-electron chi connectivity index (χ0n) is 14.7. The van der Waals surface area contributed by atoms with Gasteiger partial charge < -0.3 is 5.32 Å². The first-order chi connectivity index (χ1) is 12.1. The molecule has 1 aromatic carbocycles. The van der Waals surface area contributed by atoms with Crippen LogP contribution in [-0.4, -0.2) is 35.0 Å². The van der Waals surface area contributed by atoms with Gasteiger partial charge in [0.1, 0.15) is 0 Å². The second kappa shape index (κ2) is 8.27. The molecule has 5 nitrogen and oxygen atoms in total. The van der Waals surface area contributed by atoms with E-state index in [1.54, 1.807) is 11.3 Å². The second-order valence-corrected chi connectivity index (χ2v) is 7.52. The molecule has 132 valence electrons. The Labute approximate surface area is 152 Å². The van der Waals surface area contributed by atoms with E-state index in [0.29, 0.717) is 5.13 Å². The third-order valence-corrected chi connectivity index (χ3v) is 4.92. The van der Waals surface area contributed by atoms with E-state index in [4.69, 9.17) is 0 Å². The summed E-state index contributed by atoms with van der Waals surface area (Å²) < 4.78 is 0. The number of hydrogen-bond acceptors (Lipinski definition) is 4. The molecule has 3 rings (SSSR count). The number of rotatable bonds is 5. The van der Waals surface area contributed by atoms with E-state index < -0.39 is 0 Å². The molecule has 0 radical (unpaired) electrons. The smallest absolute Gasteiger partial charge is 0.321 e. The zero-order valence-corrected chi connectivity index (χ0v) is 15.5. The first-order valence-corrected chi connectivity index (χ1v) is 9.42. The van der Waals surface area contributed by atoms with Gasteiger partial charge in [-0.1, -0.05) is 42.5 Å². The molecule has 0 aliphatic carbocycles. The predicted octanol–water partition coefficient (Wildman–Crippen LogP) is 3.74. The van der Waals surface area contributed by atoms with Gasteiger partial charge in [-0.2, -0.15) is 0 Å². The number of urea groups is 1. The predicted molar refractivity (Wildman–Crippen MR) is 104 cm³/mol. The first-order valence-electron chi connectivity index (χ1n) is 8.60. The van der Waals surface area contributed by atoms with E-state index in [-0.39, 0.29) is 12.1 Å². The molecule has 2 amide bonds. The molecular weight excluding hydrogens is 332 g/mol. The number of carbonyl (C=O) groups excluding carboxylic acids is 1. The molecule has 0 unspecified atom stereocenters. The highest BCUT2D eigenvalue weighted by atomic mass is 32.1. The van der Waals surface area contributed by atoms with Crippen molar-refractivity contribution in [1.82, 2.24) is 15.2 Å². The molecule has 1 aromatic heterocycles. The minimum atomic E-state index is -0.191. The van der Waals surface area contributed by atoms with Crippen LogP contribution in [0.15, 0.2) is 36.4 Å². The van der Waals surface area contributed by atoms with Gasteiger partial charge in [0.05, 0.1) is 5.69 Å². The zero-order chi connectivity index (χ0) is 17.6. The molecule has 6 heteroatoms. The van der Waals surface area contributed by atoms with Crippen LogP contribution in [0.3, 0.4) is 0 Å². The number of anilines is 1. The third kappa shape index (κ3) is 5.14. The van der Waals surface area contributed by atoms with Crippen LogP contribution in [-0.2, 0) is 13.0 Å². The fourth-order valence-corrected chi connectivity index (χ4v) is 3.80. The lowest BCUT2D eigenvalue weighted by Gasteiger charge is -2.24. The van der Waals surface area contributed by atoms with E-state index in [1.807, 2.05) is 32.0 Å². The summed E-state index contributed by atoms with van der Waals surface area (Å²) in [6.07, 6.45) is 5.29. The van der Waals surface area contributed by atoms with Crippen molar-refractivity contribution in [2.75, 3.05) is 18.4 Å². The summed E-state index contributed by atoms with van der Waals surface area (Å²) in [6.45, 7) is 6.68. The minimum Gasteiger partial charge on any atom is -0.336 e. The Hall–Kier alpha value is -2.18. The third-order valence-electron chi connectivity index (χ3n) is 3.92. The van der Waals surface area contributed by atoms with Crippen LogP contribution in [0.1, 0.15) is 30.0 Å². The molecule has 2 heterocycles. The van der Waals surface area contributed by atoms with Gasteiger partial charge in [0, 0.05) is 37.0 Å². The lowest BCUT2D eigenvalue weighted by atomic mass is 10.1. The summed E-state index contributed by atoms with van der Waals surface area (Å²) in [5.74, 6) is 0. The maximum absolute atomic E-state index is 11.8. The van der Waals surface area contributed by atoms with Gasteiger partial charge in [0.2, 0.25) is 0 Å². The molecule has 0 bridgehead atoms. The van der Waals surface area contributed by atoms with Crippen LogP contribution in [0, 0.1) is 0 Å². The van der Waals surface area contributed by atoms with Crippen LogP contribution < -0.4 is 10.6 Å². The SMILES string of the molecule is CC(C)NC(=O)Nc1nc2c(s1)CN(C/C=C/c1ccccc1)CC2. The highest BCUT2D eigenvalue weighted by Gasteiger charge is 2.20. The Morgan fingerprint density at radius 1 is 1.36 bits per heavy atom. The van der Waals surface area contributed by atoms with Gasteiger partial charge in [-0.15, -0.1) is 11.3 Å². The Morgan fingerprint density at radius 3 is 2.92 bits per heavy atom. The van der Waals surface area contributed by atoms with Gasteiger partial charge in [0.15, 0.2) is 5.13 Å². The summed E-state index contributed by atoms with van der Waals surface area (Å²) in [5, 5.41) is 6.34. The molecule has 0 saturated carbocycles. The number of nitrogens with zero attached hydrogens (tertiary/aromatic N) is 2. The maximum atomic E-state index is 11.8. The number of fused-ring (bicyclic) bond motifs is 1. The average molecular weight is 356 g/mol. The van der Waals surface area contributed by atoms with Crippen molar-refractivity contribution in [3.05, 3.63) is 52.5 Å². The molecule has 2 N–H and O–H groups in total. The van der Waals surface area contributed by atoms with Crippen molar-refractivity contribution < 1.29 is 4.79 Å².